The number of hydrogen-bond donors (Lipinski definition) is 1. The van der Waals surface area contributed by atoms with Gasteiger partial charge in [-0.1, -0.05) is 57.9 Å². The lowest BCUT2D eigenvalue weighted by molar-refractivity contribution is -0.805. The minimum Gasteiger partial charge on any atom is -0.544 e. The molecule has 0 fully saturated rings. The number of aliphatic imine (C=N–C) groups is 1. The Kier molecular flexibility index (Phi) is 9.57. The predicted molar refractivity (Wildman–Crippen MR) is 96.7 cm³/mol. The third kappa shape index (κ3) is 6.57. The summed E-state index contributed by atoms with van der Waals surface area (Å²) in [5, 5.41) is 11.1. The molecule has 0 spiro atoms. The van der Waals surface area contributed by atoms with Crippen molar-refractivity contribution < 1.29 is 14.4 Å². The third-order valence-corrected chi connectivity index (χ3v) is 4.57. The first-order valence-corrected chi connectivity index (χ1v) is 9.28. The number of nitrogens with two attached hydrogens (primary N) is 1. The van der Waals surface area contributed by atoms with Gasteiger partial charge in [0, 0.05) is 13.0 Å². The average Bonchev–Trinajstić information content (AvgIpc) is 2.92. The number of rotatable bonds is 13. The van der Waals surface area contributed by atoms with Crippen molar-refractivity contribution in [3.8, 4) is 0 Å². The summed E-state index contributed by atoms with van der Waals surface area (Å²) in [6.45, 7) is 3.85. The molecule has 0 aromatic carbocycles. The second kappa shape index (κ2) is 11.2. The van der Waals surface area contributed by atoms with E-state index < -0.39 is 5.97 Å². The number of carbonyl (C=O) groups is 1. The molecule has 5 nitrogen and oxygen atoms in total. The maximum Gasteiger partial charge on any atom is 0.233 e. The lowest BCUT2D eigenvalue weighted by Gasteiger charge is -2.35. The number of unbranched alkanes of at least 4 members (excludes halogenated alkanes) is 8. The number of carboxylic acid groups (broad SMARTS) is 1. The first-order chi connectivity index (χ1) is 11.5. The SMILES string of the molecule is CCCCCCCCCC/C=C/C1=NC=C[N+]1(CC(=O)[O-])C(C)N. The monoisotopic (exact) mass is 335 g/mol. The van der Waals surface area contributed by atoms with Gasteiger partial charge in [0.05, 0.1) is 12.2 Å². The molecule has 136 valence electrons. The van der Waals surface area contributed by atoms with Gasteiger partial charge in [0.1, 0.15) is 18.9 Å². The van der Waals surface area contributed by atoms with E-state index in [0.29, 0.717) is 5.84 Å². The zero-order chi connectivity index (χ0) is 17.8. The van der Waals surface area contributed by atoms with E-state index in [9.17, 15) is 9.90 Å². The number of carboxylic acids is 1. The summed E-state index contributed by atoms with van der Waals surface area (Å²) in [7, 11) is 0. The second-order valence-electron chi connectivity index (χ2n) is 6.65. The van der Waals surface area contributed by atoms with Crippen LogP contribution >= 0.6 is 0 Å². The highest BCUT2D eigenvalue weighted by Gasteiger charge is 2.37. The molecule has 0 radical (unpaired) electrons. The number of allylic oxidation sites excluding steroid dienone is 1. The first-order valence-electron chi connectivity index (χ1n) is 9.28. The van der Waals surface area contributed by atoms with Gasteiger partial charge in [0.15, 0.2) is 0 Å². The Bertz CT molecular complexity index is 469. The molecule has 0 saturated heterocycles. The van der Waals surface area contributed by atoms with E-state index in [-0.39, 0.29) is 17.2 Å². The van der Waals surface area contributed by atoms with Crippen LogP contribution in [0.15, 0.2) is 29.5 Å². The fourth-order valence-corrected chi connectivity index (χ4v) is 3.01. The number of quaternary nitrogens is 1. The van der Waals surface area contributed by atoms with Crippen molar-refractivity contribution in [1.82, 2.24) is 0 Å². The molecular formula is C19H33N3O2. The molecule has 1 heterocycles. The zero-order valence-electron chi connectivity index (χ0n) is 15.2. The van der Waals surface area contributed by atoms with Crippen LogP contribution in [0.25, 0.3) is 0 Å². The van der Waals surface area contributed by atoms with Gasteiger partial charge in [-0.25, -0.2) is 4.48 Å². The van der Waals surface area contributed by atoms with Crippen molar-refractivity contribution >= 4 is 11.8 Å². The number of nitrogens with zero attached hydrogens (tertiary/aromatic N) is 2. The summed E-state index contributed by atoms with van der Waals surface area (Å²) >= 11 is 0. The van der Waals surface area contributed by atoms with E-state index in [1.807, 2.05) is 6.08 Å². The van der Waals surface area contributed by atoms with Crippen molar-refractivity contribution in [3.05, 3.63) is 24.6 Å². The van der Waals surface area contributed by atoms with E-state index in [2.05, 4.69) is 18.0 Å². The molecule has 2 unspecified atom stereocenters. The normalized spacial score (nSPS) is 21.4. The summed E-state index contributed by atoms with van der Waals surface area (Å²) in [6, 6.07) is 0. The summed E-state index contributed by atoms with van der Waals surface area (Å²) in [4.78, 5) is 15.3. The molecule has 1 aliphatic heterocycles. The molecular weight excluding hydrogens is 302 g/mol. The van der Waals surface area contributed by atoms with Gasteiger partial charge < -0.3 is 9.90 Å². The largest absolute Gasteiger partial charge is 0.544 e. The van der Waals surface area contributed by atoms with Crippen LogP contribution in [0.4, 0.5) is 0 Å². The Morgan fingerprint density at radius 1 is 1.25 bits per heavy atom. The van der Waals surface area contributed by atoms with E-state index in [1.54, 1.807) is 19.3 Å². The Balaban J connectivity index is 2.32. The smallest absolute Gasteiger partial charge is 0.233 e. The Morgan fingerprint density at radius 3 is 2.46 bits per heavy atom. The van der Waals surface area contributed by atoms with Crippen LogP contribution < -0.4 is 10.8 Å². The molecule has 1 aliphatic rings. The van der Waals surface area contributed by atoms with Crippen LogP contribution in [0.5, 0.6) is 0 Å². The molecule has 24 heavy (non-hydrogen) atoms. The van der Waals surface area contributed by atoms with Crippen LogP contribution in [0.1, 0.15) is 71.6 Å². The highest BCUT2D eigenvalue weighted by atomic mass is 16.4. The van der Waals surface area contributed by atoms with E-state index >= 15 is 0 Å². The summed E-state index contributed by atoms with van der Waals surface area (Å²) < 4.78 is 0.0241. The van der Waals surface area contributed by atoms with Crippen LogP contribution in [0.2, 0.25) is 0 Å². The minimum atomic E-state index is -1.12. The molecule has 0 aliphatic carbocycles. The standard InChI is InChI=1S/C19H33N3O2/c1-3-4-5-6-7-8-9-10-11-12-13-18-21-14-15-22(18,17(2)20)16-19(23)24/h12-15,17H,3-11,16,20H2,1-2H3/b13-12+. The Labute approximate surface area is 146 Å². The summed E-state index contributed by atoms with van der Waals surface area (Å²) in [5.41, 5.74) is 6.01. The summed E-state index contributed by atoms with van der Waals surface area (Å²) in [5.74, 6) is -0.447. The molecule has 5 heteroatoms. The van der Waals surface area contributed by atoms with Crippen molar-refractivity contribution in [3.63, 3.8) is 0 Å². The van der Waals surface area contributed by atoms with Crippen LogP contribution in [-0.4, -0.2) is 29.0 Å². The maximum absolute atomic E-state index is 11.1. The second-order valence-corrected chi connectivity index (χ2v) is 6.65. The lowest BCUT2D eigenvalue weighted by Crippen LogP contribution is -2.60. The fraction of sp³-hybridized carbons (Fsp3) is 0.684. The maximum atomic E-state index is 11.1. The number of aliphatic carboxylic acids is 1. The molecule has 0 saturated carbocycles. The molecule has 0 amide bonds. The highest BCUT2D eigenvalue weighted by molar-refractivity contribution is 5.90. The first kappa shape index (κ1) is 20.6. The van der Waals surface area contributed by atoms with Crippen molar-refractivity contribution in [2.75, 3.05) is 6.54 Å². The molecule has 0 aromatic heterocycles. The van der Waals surface area contributed by atoms with Gasteiger partial charge in [-0.3, -0.25) is 5.73 Å². The van der Waals surface area contributed by atoms with Gasteiger partial charge >= 0.3 is 0 Å². The highest BCUT2D eigenvalue weighted by Crippen LogP contribution is 2.20. The molecule has 2 atom stereocenters. The van der Waals surface area contributed by atoms with Crippen LogP contribution in [-0.2, 0) is 4.79 Å². The van der Waals surface area contributed by atoms with Crippen LogP contribution in [0, 0.1) is 0 Å². The number of amidine groups is 1. The van der Waals surface area contributed by atoms with Gasteiger partial charge in [0.2, 0.25) is 5.84 Å². The summed E-state index contributed by atoms with van der Waals surface area (Å²) in [6.07, 6.45) is 18.3. The van der Waals surface area contributed by atoms with Crippen molar-refractivity contribution in [1.29, 1.82) is 0 Å². The van der Waals surface area contributed by atoms with Gasteiger partial charge in [-0.2, -0.15) is 4.99 Å². The van der Waals surface area contributed by atoms with E-state index in [0.717, 1.165) is 12.8 Å². The van der Waals surface area contributed by atoms with Crippen molar-refractivity contribution in [2.24, 2.45) is 10.7 Å². The molecule has 0 aromatic rings. The molecule has 0 bridgehead atoms. The predicted octanol–water partition coefficient (Wildman–Crippen LogP) is 2.83. The fourth-order valence-electron chi connectivity index (χ4n) is 3.01. The van der Waals surface area contributed by atoms with E-state index in [1.165, 1.54) is 44.9 Å². The molecule has 1 rings (SSSR count). The van der Waals surface area contributed by atoms with Gasteiger partial charge in [0.25, 0.3) is 0 Å². The minimum absolute atomic E-state index is 0.0241. The zero-order valence-corrected chi connectivity index (χ0v) is 15.2. The third-order valence-electron chi connectivity index (χ3n) is 4.57. The Morgan fingerprint density at radius 2 is 1.88 bits per heavy atom. The van der Waals surface area contributed by atoms with Gasteiger partial charge in [-0.15, -0.1) is 0 Å². The Hall–Kier alpha value is -1.46. The van der Waals surface area contributed by atoms with E-state index in [4.69, 9.17) is 5.73 Å². The number of hydrogen-bond acceptors (Lipinski definition) is 4. The number of carbonyl (C=O) groups excluding carboxylic acids is 1. The topological polar surface area (TPSA) is 78.5 Å². The van der Waals surface area contributed by atoms with Gasteiger partial charge in [-0.05, 0) is 12.8 Å². The average molecular weight is 335 g/mol. The lowest BCUT2D eigenvalue weighted by atomic mass is 10.1. The quantitative estimate of drug-likeness (QED) is 0.415. The van der Waals surface area contributed by atoms with Crippen molar-refractivity contribution in [2.45, 2.75) is 77.8 Å². The molecule has 2 N–H and O–H groups in total. The van der Waals surface area contributed by atoms with Crippen LogP contribution in [0.3, 0.4) is 0 Å².